The van der Waals surface area contributed by atoms with Crippen molar-refractivity contribution in [1.82, 2.24) is 15.2 Å². The predicted molar refractivity (Wildman–Crippen MR) is 162 cm³/mol. The summed E-state index contributed by atoms with van der Waals surface area (Å²) in [6.45, 7) is 3.69. The smallest absolute Gasteiger partial charge is 0.350 e. The normalized spacial score (nSPS) is 17.5. The van der Waals surface area contributed by atoms with Crippen LogP contribution < -0.4 is 32.2 Å². The lowest BCUT2D eigenvalue weighted by molar-refractivity contribution is -0.689. The van der Waals surface area contributed by atoms with Gasteiger partial charge in [-0.2, -0.15) is 0 Å². The van der Waals surface area contributed by atoms with E-state index in [2.05, 4.69) is 15.5 Å². The van der Waals surface area contributed by atoms with E-state index in [4.69, 9.17) is 32.3 Å². The first kappa shape index (κ1) is 37.0. The molecule has 0 saturated carbocycles. The van der Waals surface area contributed by atoms with Gasteiger partial charge in [0.15, 0.2) is 29.8 Å². The fourth-order valence-corrected chi connectivity index (χ4v) is 5.45. The largest absolute Gasteiger partial charge is 0.543 e. The number of β-lactam (4-membered cyclic amide) rings is 1. The Bertz CT molecular complexity index is 1390. The summed E-state index contributed by atoms with van der Waals surface area (Å²) in [5, 5.41) is 43.9. The highest BCUT2D eigenvalue weighted by atomic mass is 32.2. The van der Waals surface area contributed by atoms with Gasteiger partial charge in [0.25, 0.3) is 11.8 Å². The molecule has 2 aliphatic heterocycles. The maximum Gasteiger partial charge on any atom is 0.350 e. The van der Waals surface area contributed by atoms with Crippen LogP contribution in [0.15, 0.2) is 52.4 Å². The van der Waals surface area contributed by atoms with Crippen molar-refractivity contribution >= 4 is 57.7 Å². The molecule has 4 rings (SSSR count). The Morgan fingerprint density at radius 1 is 1.20 bits per heavy atom. The molecule has 0 bridgehead atoms. The molecule has 4 heterocycles. The van der Waals surface area contributed by atoms with Gasteiger partial charge in [0, 0.05) is 41.9 Å². The maximum absolute atomic E-state index is 13.1. The van der Waals surface area contributed by atoms with Crippen molar-refractivity contribution in [2.75, 3.05) is 37.8 Å². The minimum absolute atomic E-state index is 0.0265. The molecule has 246 valence electrons. The summed E-state index contributed by atoms with van der Waals surface area (Å²) < 4.78 is 1.78. The van der Waals surface area contributed by atoms with Gasteiger partial charge in [-0.1, -0.05) is 11.2 Å². The molecule has 0 aliphatic carbocycles. The number of hydrogen-bond acceptors (Lipinski definition) is 15. The molecular formula is C26H36N8O9S2. The Kier molecular flexibility index (Phi) is 14.3. The second-order valence-corrected chi connectivity index (χ2v) is 11.6. The van der Waals surface area contributed by atoms with Crippen molar-refractivity contribution in [3.63, 3.8) is 0 Å². The number of carbonyl (C=O) groups excluding carboxylic acids is 3. The number of thioether (sulfide) groups is 1. The molecule has 0 aromatic carbocycles. The van der Waals surface area contributed by atoms with Crippen LogP contribution >= 0.6 is 23.1 Å². The lowest BCUT2D eigenvalue weighted by atomic mass is 10.0. The standard InChI is InChI=1S/C22H22N6O7S2.2C2H7NO/c1-22(2,20(33)34)35-26-13(12-10-37-21(23)24-12)16(29)25-14-17(30)28-15(19(31)32)11(9-36-18(14)28)8-27-6-4-3-5-7-27;2*3-1-2-4/h3-7,10,14,18H,8-9H2,1-2H3,(H4-,23,24,25,29,31,32,33,34);2*4H,1-3H2/b26-13-;;/t14-,18?;;/m1../s1. The van der Waals surface area contributed by atoms with Crippen LogP contribution in [0, 0.1) is 0 Å². The zero-order valence-electron chi connectivity index (χ0n) is 24.5. The Hall–Kier alpha value is -4.14. The number of rotatable bonds is 11. The topological polar surface area (TPSA) is 284 Å². The summed E-state index contributed by atoms with van der Waals surface area (Å²) in [7, 11) is 0. The van der Waals surface area contributed by atoms with Gasteiger partial charge in [-0.15, -0.1) is 23.1 Å². The maximum atomic E-state index is 13.1. The first-order chi connectivity index (χ1) is 21.3. The number of anilines is 1. The highest BCUT2D eigenvalue weighted by Crippen LogP contribution is 2.40. The van der Waals surface area contributed by atoms with Gasteiger partial charge in [0.2, 0.25) is 5.60 Å². The number of oxime groups is 1. The van der Waals surface area contributed by atoms with Gasteiger partial charge in [-0.3, -0.25) is 14.5 Å². The number of nitrogens with one attached hydrogen (secondary N) is 1. The molecule has 0 radical (unpaired) electrons. The third-order valence-corrected chi connectivity index (χ3v) is 7.81. The number of fused-ring (bicyclic) bond motifs is 1. The molecule has 2 amide bonds. The molecule has 2 aromatic heterocycles. The number of carbonyl (C=O) groups is 4. The van der Waals surface area contributed by atoms with Crippen LogP contribution in [0.1, 0.15) is 19.5 Å². The number of aliphatic hydroxyl groups is 2. The molecule has 1 fully saturated rings. The number of thiazole rings is 1. The van der Waals surface area contributed by atoms with Crippen molar-refractivity contribution in [3.8, 4) is 0 Å². The first-order valence-corrected chi connectivity index (χ1v) is 15.2. The van der Waals surface area contributed by atoms with Crippen LogP contribution in [0.2, 0.25) is 0 Å². The number of amides is 2. The van der Waals surface area contributed by atoms with Crippen LogP contribution in [0.25, 0.3) is 0 Å². The van der Waals surface area contributed by atoms with Gasteiger partial charge in [0.1, 0.15) is 17.1 Å². The number of nitrogen functional groups attached to an aromatic ring is 1. The van der Waals surface area contributed by atoms with Crippen LogP contribution in [-0.4, -0.2) is 104 Å². The van der Waals surface area contributed by atoms with Crippen LogP contribution in [0.5, 0.6) is 0 Å². The van der Waals surface area contributed by atoms with Crippen molar-refractivity contribution in [2.45, 2.75) is 37.4 Å². The molecule has 10 N–H and O–H groups in total. The lowest BCUT2D eigenvalue weighted by Gasteiger charge is -2.50. The van der Waals surface area contributed by atoms with E-state index in [1.165, 1.54) is 31.0 Å². The molecule has 1 saturated heterocycles. The third kappa shape index (κ3) is 9.93. The molecule has 1 unspecified atom stereocenters. The number of hydrogen-bond donors (Lipinski definition) is 7. The molecule has 19 heteroatoms. The third-order valence-electron chi connectivity index (χ3n) is 5.80. The monoisotopic (exact) mass is 668 g/mol. The average molecular weight is 669 g/mol. The molecule has 0 spiro atoms. The van der Waals surface area contributed by atoms with Crippen LogP contribution in [0.3, 0.4) is 0 Å². The summed E-state index contributed by atoms with van der Waals surface area (Å²) in [6.07, 6.45) is 3.55. The number of aliphatic hydroxyl groups excluding tert-OH is 2. The van der Waals surface area contributed by atoms with Crippen molar-refractivity contribution < 1.29 is 49.0 Å². The number of pyridine rings is 1. The number of nitrogens with two attached hydrogens (primary N) is 3. The van der Waals surface area contributed by atoms with E-state index in [9.17, 15) is 29.4 Å². The van der Waals surface area contributed by atoms with Crippen molar-refractivity contribution in [2.24, 2.45) is 16.6 Å². The van der Waals surface area contributed by atoms with Gasteiger partial charge < -0.3 is 52.6 Å². The number of aromatic nitrogens is 2. The van der Waals surface area contributed by atoms with Crippen molar-refractivity contribution in [1.29, 1.82) is 0 Å². The van der Waals surface area contributed by atoms with Crippen molar-refractivity contribution in [3.05, 3.63) is 52.9 Å². The lowest BCUT2D eigenvalue weighted by Crippen LogP contribution is -2.71. The SMILES string of the molecule is CC(C)(O/N=C(\C(=O)N[C@@H]1C(=O)N2C(C(=O)[O-])=C(C[n+]3ccccc3)CSC12)c1csc(N)n1)C(=O)O.NCCO.NCCO. The first-order valence-electron chi connectivity index (χ1n) is 13.3. The average Bonchev–Trinajstić information content (AvgIpc) is 3.45. The van der Waals surface area contributed by atoms with E-state index in [0.717, 1.165) is 16.2 Å². The summed E-state index contributed by atoms with van der Waals surface area (Å²) >= 11 is 2.32. The summed E-state index contributed by atoms with van der Waals surface area (Å²) in [5.41, 5.74) is 13.4. The predicted octanol–water partition coefficient (Wildman–Crippen LogP) is -3.42. The molecule has 17 nitrogen and oxygen atoms in total. The summed E-state index contributed by atoms with van der Waals surface area (Å²) in [5.74, 6) is -4.01. The molecule has 45 heavy (non-hydrogen) atoms. The van der Waals surface area contributed by atoms with Crippen LogP contribution in [-0.2, 0) is 30.6 Å². The van der Waals surface area contributed by atoms with Gasteiger partial charge in [0.05, 0.1) is 24.9 Å². The van der Waals surface area contributed by atoms with E-state index in [1.54, 1.807) is 29.1 Å². The number of carboxylic acids is 2. The molecule has 2 atom stereocenters. The number of carboxylic acid groups (broad SMARTS) is 2. The fourth-order valence-electron chi connectivity index (χ4n) is 3.56. The Morgan fingerprint density at radius 3 is 2.29 bits per heavy atom. The zero-order chi connectivity index (χ0) is 33.7. The minimum Gasteiger partial charge on any atom is -0.543 e. The zero-order valence-corrected chi connectivity index (χ0v) is 26.1. The quantitative estimate of drug-likeness (QED) is 0.0531. The fraction of sp³-hybridized carbons (Fsp3) is 0.423. The second kappa shape index (κ2) is 17.4. The highest BCUT2D eigenvalue weighted by Gasteiger charge is 2.53. The van der Waals surface area contributed by atoms with Gasteiger partial charge >= 0.3 is 5.97 Å². The molecule has 2 aliphatic rings. The van der Waals surface area contributed by atoms with E-state index in [0.29, 0.717) is 24.4 Å². The summed E-state index contributed by atoms with van der Waals surface area (Å²) in [4.78, 5) is 59.6. The van der Waals surface area contributed by atoms with Crippen LogP contribution in [0.4, 0.5) is 5.13 Å². The van der Waals surface area contributed by atoms with E-state index in [-0.39, 0.29) is 42.0 Å². The number of nitrogens with zero attached hydrogens (tertiary/aromatic N) is 4. The van der Waals surface area contributed by atoms with Gasteiger partial charge in [-0.05, 0) is 13.8 Å². The summed E-state index contributed by atoms with van der Waals surface area (Å²) in [6, 6.07) is 4.36. The number of aliphatic carboxylic acids is 2. The molecular weight excluding hydrogens is 632 g/mol. The van der Waals surface area contributed by atoms with Gasteiger partial charge in [-0.25, -0.2) is 14.3 Å². The Morgan fingerprint density at radius 2 is 1.80 bits per heavy atom. The van der Waals surface area contributed by atoms with E-state index >= 15 is 0 Å². The van der Waals surface area contributed by atoms with E-state index < -0.39 is 40.8 Å². The minimum atomic E-state index is -1.75. The van der Waals surface area contributed by atoms with E-state index in [1.807, 2.05) is 6.07 Å². The second-order valence-electron chi connectivity index (χ2n) is 9.59. The highest BCUT2D eigenvalue weighted by molar-refractivity contribution is 8.00. The Balaban J connectivity index is 0.000000789. The Labute approximate surface area is 266 Å². The molecule has 2 aromatic rings.